The second-order valence-corrected chi connectivity index (χ2v) is 18.2. The van der Waals surface area contributed by atoms with Gasteiger partial charge in [0.05, 0.1) is 34.2 Å². The smallest absolute Gasteiger partial charge is 0.259 e. The molecule has 0 unspecified atom stereocenters. The minimum absolute atomic E-state index is 0.0279. The fourth-order valence-electron chi connectivity index (χ4n) is 6.07. The Balaban J connectivity index is 1.59. The van der Waals surface area contributed by atoms with Gasteiger partial charge in [0, 0.05) is 16.2 Å². The molecule has 0 atom stereocenters. The van der Waals surface area contributed by atoms with Crippen molar-refractivity contribution >= 4 is 51.7 Å². The van der Waals surface area contributed by atoms with E-state index in [1.54, 1.807) is 0 Å². The lowest BCUT2D eigenvalue weighted by atomic mass is 9.88. The third-order valence-corrected chi connectivity index (χ3v) is 9.81. The van der Waals surface area contributed by atoms with Gasteiger partial charge in [0.1, 0.15) is 11.5 Å². The molecule has 3 aromatic heterocycles. The molecule has 0 aliphatic rings. The van der Waals surface area contributed by atoms with Crippen LogP contribution in [0.4, 0.5) is 46.0 Å². The highest BCUT2D eigenvalue weighted by Gasteiger charge is 2.31. The minimum atomic E-state index is -0.673. The van der Waals surface area contributed by atoms with Crippen molar-refractivity contribution in [2.24, 2.45) is 41.8 Å². The first-order chi connectivity index (χ1) is 29.5. The zero-order valence-electron chi connectivity index (χ0n) is 38.0. The topological polar surface area (TPSA) is 262 Å². The van der Waals surface area contributed by atoms with E-state index in [9.17, 15) is 0 Å². The van der Waals surface area contributed by atoms with E-state index in [1.165, 1.54) is 9.36 Å². The third kappa shape index (κ3) is 10.0. The summed E-state index contributed by atoms with van der Waals surface area (Å²) in [7, 11) is 0. The molecule has 0 saturated carbocycles. The van der Waals surface area contributed by atoms with Gasteiger partial charge < -0.3 is 27.9 Å². The van der Waals surface area contributed by atoms with Gasteiger partial charge in [-0.3, -0.25) is 0 Å². The summed E-state index contributed by atoms with van der Waals surface area (Å²) in [6.45, 7) is 23.4. The van der Waals surface area contributed by atoms with Crippen LogP contribution in [0, 0.1) is 31.6 Å². The number of rotatable bonds is 11. The maximum atomic E-state index is 9.14. The molecule has 8 N–H and O–H groups in total. The molecule has 0 spiro atoms. The largest absolute Gasteiger partial charge is 0.383 e. The van der Waals surface area contributed by atoms with Crippen molar-refractivity contribution in [2.45, 2.75) is 93.9 Å². The summed E-state index contributed by atoms with van der Waals surface area (Å²) in [5.41, 5.74) is 25.5. The molecule has 3 heterocycles. The van der Waals surface area contributed by atoms with Gasteiger partial charge in [0.2, 0.25) is 5.95 Å². The lowest BCUT2D eigenvalue weighted by Gasteiger charge is -2.21. The van der Waals surface area contributed by atoms with Crippen molar-refractivity contribution < 1.29 is 0 Å². The number of benzene rings is 3. The van der Waals surface area contributed by atoms with Gasteiger partial charge in [-0.1, -0.05) is 117 Å². The molecular weight excluding hydrogens is 793 g/mol. The van der Waals surface area contributed by atoms with Crippen LogP contribution < -0.4 is 22.5 Å². The van der Waals surface area contributed by atoms with Crippen molar-refractivity contribution in [1.29, 1.82) is 5.41 Å². The summed E-state index contributed by atoms with van der Waals surface area (Å²) in [5.74, 6) is 0.0527. The Morgan fingerprint density at radius 1 is 0.571 bits per heavy atom. The minimum Gasteiger partial charge on any atom is -0.383 e. The number of allylic oxidation sites excluding steroid dienone is 1. The Kier molecular flexibility index (Phi) is 12.5. The fraction of sp³-hybridized carbons (Fsp3) is 0.333. The zero-order valence-corrected chi connectivity index (χ0v) is 38.0. The molecular formula is C45H56N18. The number of aryl methyl sites for hydroxylation is 3. The van der Waals surface area contributed by atoms with E-state index in [4.69, 9.17) is 47.8 Å². The van der Waals surface area contributed by atoms with Crippen LogP contribution in [0.3, 0.4) is 0 Å². The van der Waals surface area contributed by atoms with Gasteiger partial charge in [0.15, 0.2) is 23.0 Å². The van der Waals surface area contributed by atoms with E-state index in [0.717, 1.165) is 16.7 Å². The van der Waals surface area contributed by atoms with Crippen LogP contribution in [-0.4, -0.2) is 40.2 Å². The standard InChI is InChI=1S/C45H56N18/c1-25-19-13-16-22-28(25)54-57-31(34(46)43(4,5)6)37(47)50-40-51-41(62-38(48)32(35(60-62)44(7,8)9)58-55-29-23-17-14-20-26(29)2)53-42(52-40)63-39(49)33(36(61-63)45(10,11)12)59-56-30-24-18-15-21-27(30)3/h13-24,46H,47-49H2,1-12H3,(H,50,51,52,53)/b37-31+,46-34?,57-54?,58-55?,59-56?. The van der Waals surface area contributed by atoms with E-state index in [2.05, 4.69) is 36.0 Å². The van der Waals surface area contributed by atoms with Crippen molar-refractivity contribution in [2.75, 3.05) is 16.8 Å². The molecule has 0 bridgehead atoms. The summed E-state index contributed by atoms with van der Waals surface area (Å²) in [6, 6.07) is 22.8. The Hall–Kier alpha value is -7.50. The van der Waals surface area contributed by atoms with E-state index < -0.39 is 16.2 Å². The fourth-order valence-corrected chi connectivity index (χ4v) is 6.07. The van der Waals surface area contributed by atoms with Gasteiger partial charge in [0.25, 0.3) is 11.9 Å². The van der Waals surface area contributed by atoms with Gasteiger partial charge in [-0.05, 0) is 55.7 Å². The number of anilines is 3. The molecule has 0 radical (unpaired) electrons. The van der Waals surface area contributed by atoms with Crippen molar-refractivity contribution in [3.8, 4) is 11.9 Å². The second-order valence-electron chi connectivity index (χ2n) is 18.2. The number of aromatic nitrogens is 7. The second kappa shape index (κ2) is 17.5. The van der Waals surface area contributed by atoms with Crippen molar-refractivity contribution in [1.82, 2.24) is 34.5 Å². The summed E-state index contributed by atoms with van der Waals surface area (Å²) in [4.78, 5) is 14.4. The molecule has 326 valence electrons. The Morgan fingerprint density at radius 3 is 1.32 bits per heavy atom. The average molecular weight is 849 g/mol. The average Bonchev–Trinajstić information content (AvgIpc) is 3.73. The van der Waals surface area contributed by atoms with Gasteiger partial charge in [-0.15, -0.1) is 15.3 Å². The Morgan fingerprint density at radius 2 is 0.952 bits per heavy atom. The van der Waals surface area contributed by atoms with Gasteiger partial charge >= 0.3 is 0 Å². The van der Waals surface area contributed by atoms with Crippen LogP contribution in [-0.2, 0) is 10.8 Å². The van der Waals surface area contributed by atoms with Gasteiger partial charge in [-0.2, -0.15) is 49.9 Å². The van der Waals surface area contributed by atoms with Crippen LogP contribution in [0.5, 0.6) is 0 Å². The number of nitrogens with zero attached hydrogens (tertiary/aromatic N) is 13. The van der Waals surface area contributed by atoms with E-state index >= 15 is 0 Å². The normalized spacial score (nSPS) is 13.1. The Bertz CT molecular complexity index is 2660. The SMILES string of the molecule is Cc1ccccc1N=N/C(C(=N)C(C)(C)C)=C(\N)Nc1nc(-n2nc(C(C)(C)C)c(N=Nc3ccccc3C)c2N)nc(-n2nc(C(C)(C)C)c(N=Nc3ccccc3C)c2N)n1. The van der Waals surface area contributed by atoms with Crippen molar-refractivity contribution in [3.05, 3.63) is 112 Å². The summed E-state index contributed by atoms with van der Waals surface area (Å²) < 4.78 is 2.73. The van der Waals surface area contributed by atoms with Crippen LogP contribution >= 0.6 is 0 Å². The van der Waals surface area contributed by atoms with E-state index in [1.807, 2.05) is 156 Å². The third-order valence-electron chi connectivity index (χ3n) is 9.81. The molecule has 0 aliphatic heterocycles. The van der Waals surface area contributed by atoms with E-state index in [-0.39, 0.29) is 46.7 Å². The molecule has 18 nitrogen and oxygen atoms in total. The van der Waals surface area contributed by atoms with Crippen molar-refractivity contribution in [3.63, 3.8) is 0 Å². The number of hydrogen-bond acceptors (Lipinski definition) is 16. The summed E-state index contributed by atoms with van der Waals surface area (Å²) in [5, 5.41) is 49.3. The number of nitrogens with one attached hydrogen (secondary N) is 2. The quantitative estimate of drug-likeness (QED) is 0.0612. The first-order valence-corrected chi connectivity index (χ1v) is 20.4. The molecule has 0 amide bonds. The monoisotopic (exact) mass is 848 g/mol. The highest BCUT2D eigenvalue weighted by atomic mass is 15.5. The highest BCUT2D eigenvalue weighted by molar-refractivity contribution is 6.01. The molecule has 6 rings (SSSR count). The lowest BCUT2D eigenvalue weighted by molar-refractivity contribution is 0.556. The number of hydrogen-bond donors (Lipinski definition) is 5. The zero-order chi connectivity index (χ0) is 46.0. The number of nitrogen functional groups attached to an aromatic ring is 2. The molecule has 63 heavy (non-hydrogen) atoms. The molecule has 18 heteroatoms. The van der Waals surface area contributed by atoms with Crippen LogP contribution in [0.15, 0.2) is 115 Å². The number of nitrogens with two attached hydrogens (primary N) is 3. The van der Waals surface area contributed by atoms with Crippen LogP contribution in [0.25, 0.3) is 11.9 Å². The first kappa shape index (κ1) is 45.0. The summed E-state index contributed by atoms with van der Waals surface area (Å²) >= 11 is 0. The van der Waals surface area contributed by atoms with E-state index in [0.29, 0.717) is 39.8 Å². The maximum absolute atomic E-state index is 9.14. The molecule has 6 aromatic rings. The molecule has 0 aliphatic carbocycles. The predicted molar refractivity (Wildman–Crippen MR) is 249 cm³/mol. The lowest BCUT2D eigenvalue weighted by Crippen LogP contribution is -2.26. The molecule has 3 aromatic carbocycles. The first-order valence-electron chi connectivity index (χ1n) is 20.4. The van der Waals surface area contributed by atoms with Crippen LogP contribution in [0.1, 0.15) is 90.4 Å². The highest BCUT2D eigenvalue weighted by Crippen LogP contribution is 2.40. The van der Waals surface area contributed by atoms with Gasteiger partial charge in [-0.25, -0.2) is 0 Å². The number of azo groups is 3. The maximum Gasteiger partial charge on any atom is 0.259 e. The summed E-state index contributed by atoms with van der Waals surface area (Å²) in [6.07, 6.45) is 0. The Labute approximate surface area is 367 Å². The predicted octanol–water partition coefficient (Wildman–Crippen LogP) is 11.1. The molecule has 0 fully saturated rings. The van der Waals surface area contributed by atoms with Crippen LogP contribution in [0.2, 0.25) is 0 Å². The molecule has 0 saturated heterocycles.